The zero-order valence-electron chi connectivity index (χ0n) is 75.8. The smallest absolute Gasteiger partial charge is 0.416 e. The quantitative estimate of drug-likeness (QED) is 0.0424. The molecular weight excluding hydrogens is 1860 g/mol. The number of carboxylic acid groups (broad SMARTS) is 1. The highest BCUT2D eigenvalue weighted by Crippen LogP contribution is 2.56. The highest BCUT2D eigenvalue weighted by molar-refractivity contribution is 6.06. The summed E-state index contributed by atoms with van der Waals surface area (Å²) < 4.78 is 45.9. The van der Waals surface area contributed by atoms with Crippen molar-refractivity contribution in [2.45, 2.75) is 27.2 Å². The molecule has 0 radical (unpaired) electrons. The molecule has 1 aliphatic rings. The number of aromatic hydroxyl groups is 15. The van der Waals surface area contributed by atoms with E-state index in [1.807, 2.05) is 87.5 Å². The lowest BCUT2D eigenvalue weighted by Crippen LogP contribution is -2.14. The number of carboxylic acids is 1. The van der Waals surface area contributed by atoms with Crippen LogP contribution < -0.4 is 41.9 Å². The number of amides is 1. The normalized spacial score (nSPS) is 11.6. The number of hydrogen-bond donors (Lipinski definition) is 17. The first-order chi connectivity index (χ1) is 68.9. The van der Waals surface area contributed by atoms with Gasteiger partial charge in [0.05, 0.1) is 34.9 Å². The van der Waals surface area contributed by atoms with Gasteiger partial charge in [0.15, 0.2) is 32.7 Å². The number of benzene rings is 14. The van der Waals surface area contributed by atoms with Crippen molar-refractivity contribution in [1.29, 1.82) is 0 Å². The third-order valence-corrected chi connectivity index (χ3v) is 23.1. The van der Waals surface area contributed by atoms with Crippen LogP contribution in [-0.2, 0) is 9.53 Å². The van der Waals surface area contributed by atoms with E-state index in [1.54, 1.807) is 54.6 Å². The van der Waals surface area contributed by atoms with Gasteiger partial charge in [0, 0.05) is 129 Å². The third kappa shape index (κ3) is 19.5. The molecule has 1 aliphatic heterocycles. The molecule has 0 aliphatic carbocycles. The summed E-state index contributed by atoms with van der Waals surface area (Å²) in [5.74, 6) is -5.51. The zero-order valence-corrected chi connectivity index (χ0v) is 75.8. The predicted molar refractivity (Wildman–Crippen MR) is 536 cm³/mol. The number of aryl methyl sites for hydroxylation is 3. The van der Waals surface area contributed by atoms with Crippen LogP contribution in [-0.4, -0.2) is 101 Å². The lowest BCUT2D eigenvalue weighted by Gasteiger charge is -2.23. The second-order valence-corrected chi connectivity index (χ2v) is 33.1. The molecule has 1 amide bonds. The van der Waals surface area contributed by atoms with Crippen LogP contribution in [0.4, 0.5) is 10.5 Å². The number of phenolic OH excluding ortho intramolecular Hbond substituents is 15. The average Bonchev–Trinajstić information content (AvgIpc) is 0.720. The Balaban J connectivity index is 0.000000134. The molecule has 14 aromatic carbocycles. The Morgan fingerprint density at radius 3 is 1.25 bits per heavy atom. The summed E-state index contributed by atoms with van der Waals surface area (Å²) in [6, 6.07) is 66.5. The fourth-order valence-electron chi connectivity index (χ4n) is 16.2. The lowest BCUT2D eigenvalue weighted by molar-refractivity contribution is -0.136. The maximum Gasteiger partial charge on any atom is 0.416 e. The number of hydrogen-bond acceptors (Lipinski definition) is 30. The van der Waals surface area contributed by atoms with Crippen molar-refractivity contribution in [3.8, 4) is 188 Å². The van der Waals surface area contributed by atoms with Crippen LogP contribution in [0.3, 0.4) is 0 Å². The molecule has 32 nitrogen and oxygen atoms in total. The Morgan fingerprint density at radius 2 is 0.757 bits per heavy atom. The maximum atomic E-state index is 13.2. The summed E-state index contributed by atoms with van der Waals surface area (Å²) in [5.41, 5.74) is 3.88. The minimum atomic E-state index is -1.07. The van der Waals surface area contributed by atoms with E-state index in [-0.39, 0.29) is 181 Å². The molecule has 5 aromatic heterocycles. The number of rotatable bonds is 15. The van der Waals surface area contributed by atoms with Gasteiger partial charge in [-0.25, -0.2) is 4.79 Å². The summed E-state index contributed by atoms with van der Waals surface area (Å²) >= 11 is 0. The van der Waals surface area contributed by atoms with Gasteiger partial charge in [0.2, 0.25) is 0 Å². The number of nitrogens with one attached hydrogen (secondary N) is 1. The minimum Gasteiger partial charge on any atom is -0.508 e. The van der Waals surface area contributed by atoms with Crippen LogP contribution in [0.2, 0.25) is 0 Å². The second-order valence-electron chi connectivity index (χ2n) is 33.1. The molecule has 0 saturated carbocycles. The molecule has 0 unspecified atom stereocenters. The van der Waals surface area contributed by atoms with Gasteiger partial charge in [-0.05, 0) is 141 Å². The SMILES string of the molecule is C=C1C=C(c2ccc(O)cc2)Oc2cc(O)c(-c3c(O)cc(O)c4c(=O)cc(-c5ccc(O)cc5)oc34)c(O)c21.COc1cc2oc(-c3ccc(C)cc3)cc(=O)c2c(O)c1-c1cc(-c2cc(=O)c3c(O)cc(O)cc3o2)ccc1O.Cc1ccc(-c2cc(=O)c3c(O)c(-c4cc(-c5cc(=O)c6c(O)cc(O)cc6o5)ccc4O)c(O)cc3o2)cc1.Cc1ccc(NC(=O)O/C(=C/c2ccccc2)CC(=O)O)cc1. The summed E-state index contributed by atoms with van der Waals surface area (Å²) in [6.07, 6.45) is 1.99. The van der Waals surface area contributed by atoms with Gasteiger partial charge in [0.1, 0.15) is 194 Å². The van der Waals surface area contributed by atoms with Crippen molar-refractivity contribution in [3.63, 3.8) is 0 Å². The molecule has 17 N–H and O–H groups in total. The number of ether oxygens (including phenoxy) is 3. The van der Waals surface area contributed by atoms with Gasteiger partial charge in [-0.1, -0.05) is 114 Å². The number of fused-ring (bicyclic) bond motifs is 6. The zero-order chi connectivity index (χ0) is 102. The number of methoxy groups -OCH3 is 1. The summed E-state index contributed by atoms with van der Waals surface area (Å²) in [7, 11) is 1.37. The van der Waals surface area contributed by atoms with E-state index < -0.39 is 91.0 Å². The molecule has 0 atom stereocenters. The van der Waals surface area contributed by atoms with Crippen molar-refractivity contribution < 1.29 is 128 Å². The topological polar surface area (TPSA) is 549 Å². The van der Waals surface area contributed by atoms with Crippen LogP contribution in [0.1, 0.15) is 39.8 Å². The molecule has 19 aromatic rings. The van der Waals surface area contributed by atoms with Gasteiger partial charge in [0.25, 0.3) is 0 Å². The van der Waals surface area contributed by atoms with Crippen LogP contribution in [0.15, 0.2) is 331 Å². The third-order valence-electron chi connectivity index (χ3n) is 23.1. The molecule has 144 heavy (non-hydrogen) atoms. The Hall–Kier alpha value is -20.3. The van der Waals surface area contributed by atoms with Crippen LogP contribution in [0.5, 0.6) is 97.7 Å². The van der Waals surface area contributed by atoms with Crippen LogP contribution in [0, 0.1) is 20.8 Å². The maximum absolute atomic E-state index is 13.2. The van der Waals surface area contributed by atoms with Crippen LogP contribution >= 0.6 is 0 Å². The van der Waals surface area contributed by atoms with E-state index >= 15 is 0 Å². The van der Waals surface area contributed by atoms with Crippen molar-refractivity contribution in [1.82, 2.24) is 0 Å². The molecule has 6 heterocycles. The van der Waals surface area contributed by atoms with E-state index in [9.17, 15) is 110 Å². The highest BCUT2D eigenvalue weighted by atomic mass is 16.6. The van der Waals surface area contributed by atoms with Gasteiger partial charge >= 0.3 is 12.1 Å². The Morgan fingerprint density at radius 1 is 0.354 bits per heavy atom. The fourth-order valence-corrected chi connectivity index (χ4v) is 16.2. The molecular formula is C112H79NO31. The van der Waals surface area contributed by atoms with Crippen LogP contribution in [0.25, 0.3) is 162 Å². The van der Waals surface area contributed by atoms with Gasteiger partial charge in [-0.15, -0.1) is 0 Å². The Bertz CT molecular complexity index is 8860. The second kappa shape index (κ2) is 39.1. The summed E-state index contributed by atoms with van der Waals surface area (Å²) in [5, 5.41) is 168. The van der Waals surface area contributed by atoms with Gasteiger partial charge in [-0.3, -0.25) is 34.1 Å². The number of phenols is 15. The largest absolute Gasteiger partial charge is 0.508 e. The molecule has 20 rings (SSSR count). The molecule has 0 fully saturated rings. The monoisotopic (exact) mass is 1930 g/mol. The standard InChI is InChI=1S/C32H22O9.2C31H20O9.C18H17NO4/c1-15-3-5-16(6-4-15)24-13-23(37)31-28(40-24)14-26(39-2)29(32(31)38)19-9-17(7-8-20(19)34)25-12-22(36)30-21(35)10-18(33)11-27(30)41-25;1-14-10-23(15-2-6-17(32)7-3-15)39-25-13-22(37)28(30(38)26(14)25)29-20(35)11-19(34)27-21(36)12-24(40-31(27)29)16-4-8-18(33)9-5-16;1-14-2-4-15(5-3-14)24-12-23(37)30-27(39-24)13-21(35)28(31(30)38)18-8-16(6-7-19(18)33)25-11-22(36)29-20(34)9-17(32)10-26(29)40-25;1-13-7-9-15(10-8-13)19-18(22)23-16(12-17(20)21)11-14-5-3-2-4-6-14/h3-14,33-35,38H,1-2H3;2-13,32-35,37-38H,1H2;2-13,32-35,38H,1H3;2-11H,12H2,1H3,(H,19,22)(H,20,21)/b;;;16-11+. The highest BCUT2D eigenvalue weighted by Gasteiger charge is 2.33. The average molecular weight is 1930 g/mol. The minimum absolute atomic E-state index is 0.00293. The first kappa shape index (κ1) is 95.4. The first-order valence-electron chi connectivity index (χ1n) is 43.4. The first-order valence-corrected chi connectivity index (χ1v) is 43.4. The Kier molecular flexibility index (Phi) is 25.9. The lowest BCUT2D eigenvalue weighted by atomic mass is 9.92. The van der Waals surface area contributed by atoms with E-state index in [0.717, 1.165) is 58.7 Å². The van der Waals surface area contributed by atoms with Crippen molar-refractivity contribution in [2.24, 2.45) is 0 Å². The molecule has 0 spiro atoms. The number of carbonyl (C=O) groups is 2. The summed E-state index contributed by atoms with van der Waals surface area (Å²) in [6.45, 7) is 9.81. The fraction of sp³-hybridized carbons (Fsp3) is 0.0446. The van der Waals surface area contributed by atoms with Crippen molar-refractivity contribution in [2.75, 3.05) is 12.4 Å². The molecule has 0 saturated heterocycles. The summed E-state index contributed by atoms with van der Waals surface area (Å²) in [4.78, 5) is 87.7. The molecule has 0 bridgehead atoms. The number of allylic oxidation sites excluding steroid dienone is 2. The number of carbonyl (C=O) groups excluding carboxylic acids is 1. The van der Waals surface area contributed by atoms with Crippen molar-refractivity contribution >= 4 is 90.0 Å². The van der Waals surface area contributed by atoms with E-state index in [0.29, 0.717) is 50.6 Å². The molecule has 32 heteroatoms. The van der Waals surface area contributed by atoms with Gasteiger partial charge < -0.3 is 118 Å². The Labute approximate surface area is 810 Å². The van der Waals surface area contributed by atoms with Crippen molar-refractivity contribution in [3.05, 3.63) is 370 Å². The molecule has 718 valence electrons. The van der Waals surface area contributed by atoms with E-state index in [4.69, 9.17) is 41.4 Å². The van der Waals surface area contributed by atoms with E-state index in [2.05, 4.69) is 11.9 Å². The van der Waals surface area contributed by atoms with E-state index in [1.165, 1.54) is 128 Å². The predicted octanol–water partition coefficient (Wildman–Crippen LogP) is 21.6. The van der Waals surface area contributed by atoms with Gasteiger partial charge in [-0.2, -0.15) is 0 Å². The number of anilines is 1. The number of aliphatic carboxylic acids is 1.